The Morgan fingerprint density at radius 1 is 1.28 bits per heavy atom. The van der Waals surface area contributed by atoms with Gasteiger partial charge in [-0.25, -0.2) is 0 Å². The molecule has 0 aromatic heterocycles. The summed E-state index contributed by atoms with van der Waals surface area (Å²) >= 11 is 5.89. The van der Waals surface area contributed by atoms with Gasteiger partial charge in [0.05, 0.1) is 0 Å². The quantitative estimate of drug-likeness (QED) is 0.649. The minimum atomic E-state index is -4.19. The molecule has 1 aromatic carbocycles. The third kappa shape index (κ3) is 5.40. The van der Waals surface area contributed by atoms with Gasteiger partial charge in [-0.15, -0.1) is 11.6 Å². The van der Waals surface area contributed by atoms with Crippen LogP contribution in [0.5, 0.6) is 0 Å². The van der Waals surface area contributed by atoms with Crippen molar-refractivity contribution in [2.24, 2.45) is 0 Å². The van der Waals surface area contributed by atoms with E-state index in [4.69, 9.17) is 11.6 Å². The SMILES string of the molecule is O=C(NCCCC(F)(F)F)C(Cl)c1ccccc1. The smallest absolute Gasteiger partial charge is 0.355 e. The Bertz CT molecular complexity index is 381. The van der Waals surface area contributed by atoms with E-state index in [1.165, 1.54) is 0 Å². The van der Waals surface area contributed by atoms with Crippen LogP contribution in [0.2, 0.25) is 0 Å². The standard InChI is InChI=1S/C12H13ClF3NO/c13-10(9-5-2-1-3-6-9)11(18)17-8-4-7-12(14,15)16/h1-3,5-6,10H,4,7-8H2,(H,17,18). The molecule has 0 radical (unpaired) electrons. The van der Waals surface area contributed by atoms with Crippen LogP contribution in [0.3, 0.4) is 0 Å². The number of benzene rings is 1. The second-order valence-corrected chi connectivity index (χ2v) is 4.22. The molecule has 2 nitrogen and oxygen atoms in total. The van der Waals surface area contributed by atoms with Crippen LogP contribution in [0.15, 0.2) is 30.3 Å². The van der Waals surface area contributed by atoms with Crippen molar-refractivity contribution in [1.29, 1.82) is 0 Å². The number of halogens is 4. The first kappa shape index (κ1) is 14.8. The third-order valence-corrected chi connectivity index (χ3v) is 2.71. The van der Waals surface area contributed by atoms with Gasteiger partial charge in [0.1, 0.15) is 5.38 Å². The second-order valence-electron chi connectivity index (χ2n) is 3.78. The molecule has 0 fully saturated rings. The Morgan fingerprint density at radius 3 is 2.44 bits per heavy atom. The summed E-state index contributed by atoms with van der Waals surface area (Å²) in [6.45, 7) is -0.0333. The normalized spacial score (nSPS) is 13.1. The van der Waals surface area contributed by atoms with Gasteiger partial charge in [0.25, 0.3) is 0 Å². The molecule has 6 heteroatoms. The van der Waals surface area contributed by atoms with Crippen LogP contribution in [0.1, 0.15) is 23.8 Å². The van der Waals surface area contributed by atoms with Crippen LogP contribution in [0.4, 0.5) is 13.2 Å². The molecule has 0 saturated heterocycles. The van der Waals surface area contributed by atoms with Crippen LogP contribution >= 0.6 is 11.6 Å². The van der Waals surface area contributed by atoms with Crippen LogP contribution in [-0.4, -0.2) is 18.6 Å². The van der Waals surface area contributed by atoms with Gasteiger partial charge in [0.15, 0.2) is 0 Å². The maximum atomic E-state index is 11.9. The van der Waals surface area contributed by atoms with Gasteiger partial charge in [-0.1, -0.05) is 30.3 Å². The number of hydrogen-bond donors (Lipinski definition) is 1. The molecule has 0 bridgehead atoms. The molecule has 100 valence electrons. The largest absolute Gasteiger partial charge is 0.389 e. The fourth-order valence-corrected chi connectivity index (χ4v) is 1.59. The molecular weight excluding hydrogens is 267 g/mol. The first-order chi connectivity index (χ1) is 8.40. The van der Waals surface area contributed by atoms with E-state index in [0.29, 0.717) is 5.56 Å². The molecule has 1 N–H and O–H groups in total. The van der Waals surface area contributed by atoms with Crippen molar-refractivity contribution >= 4 is 17.5 Å². The summed E-state index contributed by atoms with van der Waals surface area (Å²) in [5.41, 5.74) is 0.618. The molecule has 0 aliphatic rings. The number of hydrogen-bond acceptors (Lipinski definition) is 1. The highest BCUT2D eigenvalue weighted by Crippen LogP contribution is 2.22. The van der Waals surface area contributed by atoms with Gasteiger partial charge in [-0.05, 0) is 12.0 Å². The number of amides is 1. The van der Waals surface area contributed by atoms with Gasteiger partial charge in [-0.3, -0.25) is 4.79 Å². The summed E-state index contributed by atoms with van der Waals surface area (Å²) in [5, 5.41) is 1.50. The van der Waals surface area contributed by atoms with Crippen molar-refractivity contribution in [3.8, 4) is 0 Å². The molecule has 1 rings (SSSR count). The molecular formula is C12H13ClF3NO. The zero-order chi connectivity index (χ0) is 13.6. The molecule has 0 spiro atoms. The minimum absolute atomic E-state index is 0.0333. The fraction of sp³-hybridized carbons (Fsp3) is 0.417. The highest BCUT2D eigenvalue weighted by atomic mass is 35.5. The molecule has 1 amide bonds. The van der Waals surface area contributed by atoms with E-state index < -0.39 is 23.9 Å². The predicted molar refractivity (Wildman–Crippen MR) is 63.3 cm³/mol. The summed E-state index contributed by atoms with van der Waals surface area (Å²) in [6, 6.07) is 8.64. The Hall–Kier alpha value is -1.23. The van der Waals surface area contributed by atoms with Gasteiger partial charge in [0.2, 0.25) is 5.91 Å². The summed E-state index contributed by atoms with van der Waals surface area (Å²) in [4.78, 5) is 11.5. The Morgan fingerprint density at radius 2 is 1.89 bits per heavy atom. The maximum Gasteiger partial charge on any atom is 0.389 e. The number of carbonyl (C=O) groups is 1. The number of carbonyl (C=O) groups excluding carboxylic acids is 1. The van der Waals surface area contributed by atoms with E-state index in [2.05, 4.69) is 5.32 Å². The number of rotatable bonds is 5. The van der Waals surface area contributed by atoms with Crippen LogP contribution in [0, 0.1) is 0 Å². The van der Waals surface area contributed by atoms with Gasteiger partial charge < -0.3 is 5.32 Å². The lowest BCUT2D eigenvalue weighted by molar-refractivity contribution is -0.136. The minimum Gasteiger partial charge on any atom is -0.355 e. The predicted octanol–water partition coefficient (Wildman–Crippen LogP) is 3.43. The van der Waals surface area contributed by atoms with E-state index in [0.717, 1.165) is 0 Å². The monoisotopic (exact) mass is 279 g/mol. The molecule has 0 aliphatic carbocycles. The Kier molecular flexibility index (Phi) is 5.47. The summed E-state index contributed by atoms with van der Waals surface area (Å²) in [6.07, 6.45) is -5.25. The van der Waals surface area contributed by atoms with Crippen molar-refractivity contribution in [1.82, 2.24) is 5.32 Å². The van der Waals surface area contributed by atoms with E-state index >= 15 is 0 Å². The molecule has 1 atom stereocenters. The van der Waals surface area contributed by atoms with Gasteiger partial charge in [0, 0.05) is 13.0 Å². The van der Waals surface area contributed by atoms with Crippen molar-refractivity contribution in [2.45, 2.75) is 24.4 Å². The Balaban J connectivity index is 2.33. The van der Waals surface area contributed by atoms with E-state index in [1.54, 1.807) is 30.3 Å². The van der Waals surface area contributed by atoms with Crippen molar-refractivity contribution in [2.75, 3.05) is 6.54 Å². The summed E-state index contributed by atoms with van der Waals surface area (Å²) < 4.78 is 35.6. The van der Waals surface area contributed by atoms with Gasteiger partial charge >= 0.3 is 6.18 Å². The first-order valence-corrected chi connectivity index (χ1v) is 5.87. The maximum absolute atomic E-state index is 11.9. The van der Waals surface area contributed by atoms with E-state index in [1.807, 2.05) is 0 Å². The van der Waals surface area contributed by atoms with Crippen molar-refractivity contribution in [3.63, 3.8) is 0 Å². The van der Waals surface area contributed by atoms with E-state index in [-0.39, 0.29) is 13.0 Å². The van der Waals surface area contributed by atoms with Crippen LogP contribution < -0.4 is 5.32 Å². The topological polar surface area (TPSA) is 29.1 Å². The molecule has 0 saturated carbocycles. The highest BCUT2D eigenvalue weighted by molar-refractivity contribution is 6.30. The average molecular weight is 280 g/mol. The van der Waals surface area contributed by atoms with Crippen molar-refractivity contribution in [3.05, 3.63) is 35.9 Å². The van der Waals surface area contributed by atoms with Crippen LogP contribution in [0.25, 0.3) is 0 Å². The lowest BCUT2D eigenvalue weighted by atomic mass is 10.1. The summed E-state index contributed by atoms with van der Waals surface area (Å²) in [7, 11) is 0. The van der Waals surface area contributed by atoms with Gasteiger partial charge in [-0.2, -0.15) is 13.2 Å². The molecule has 0 aliphatic heterocycles. The summed E-state index contributed by atoms with van der Waals surface area (Å²) in [5.74, 6) is -0.481. The Labute approximate surface area is 108 Å². The first-order valence-electron chi connectivity index (χ1n) is 5.43. The van der Waals surface area contributed by atoms with E-state index in [9.17, 15) is 18.0 Å². The van der Waals surface area contributed by atoms with Crippen LogP contribution in [-0.2, 0) is 4.79 Å². The van der Waals surface area contributed by atoms with Crippen molar-refractivity contribution < 1.29 is 18.0 Å². The number of alkyl halides is 4. The average Bonchev–Trinajstić information content (AvgIpc) is 2.33. The molecule has 1 aromatic rings. The highest BCUT2D eigenvalue weighted by Gasteiger charge is 2.26. The lowest BCUT2D eigenvalue weighted by Crippen LogP contribution is -2.28. The molecule has 18 heavy (non-hydrogen) atoms. The molecule has 1 unspecified atom stereocenters. The molecule has 0 heterocycles. The number of nitrogens with one attached hydrogen (secondary N) is 1. The second kappa shape index (κ2) is 6.64. The fourth-order valence-electron chi connectivity index (χ4n) is 1.36. The zero-order valence-electron chi connectivity index (χ0n) is 9.51. The lowest BCUT2D eigenvalue weighted by Gasteiger charge is -2.11. The zero-order valence-corrected chi connectivity index (χ0v) is 10.3. The third-order valence-electron chi connectivity index (χ3n) is 2.26.